The highest BCUT2D eigenvalue weighted by Crippen LogP contribution is 2.69. The van der Waals surface area contributed by atoms with E-state index in [1.807, 2.05) is 0 Å². The fourth-order valence-corrected chi connectivity index (χ4v) is 22.5. The third-order valence-corrected chi connectivity index (χ3v) is 18.9. The molecular weight excluding hydrogens is 414 g/mol. The molecule has 0 fully saturated rings. The minimum Gasteiger partial charge on any atom is -0.741 e. The SMILES string of the molecule is CC(C)(C)[PH+]([BH2-][PH+](C(C)(C)C)C(C)(C)C)C(C)(C)C.O=S(=O)([O-])C(F)(F)F. The van der Waals surface area contributed by atoms with E-state index in [0.717, 1.165) is 0 Å². The third kappa shape index (κ3) is 11.4. The van der Waals surface area contributed by atoms with Gasteiger partial charge < -0.3 is 4.55 Å². The number of rotatable bonds is 2. The Bertz CT molecular complexity index is 509. The van der Waals surface area contributed by atoms with Crippen molar-refractivity contribution in [1.82, 2.24) is 0 Å². The molecule has 0 unspecified atom stereocenters. The van der Waals surface area contributed by atoms with Crippen LogP contribution in [0.4, 0.5) is 13.2 Å². The van der Waals surface area contributed by atoms with E-state index in [2.05, 4.69) is 83.1 Å². The van der Waals surface area contributed by atoms with Crippen molar-refractivity contribution in [3.8, 4) is 0 Å². The molecule has 0 rings (SSSR count). The van der Waals surface area contributed by atoms with E-state index in [4.69, 9.17) is 13.0 Å². The van der Waals surface area contributed by atoms with Gasteiger partial charge in [-0.15, -0.1) is 15.6 Å². The van der Waals surface area contributed by atoms with Gasteiger partial charge in [0.25, 0.3) is 6.72 Å². The Morgan fingerprint density at radius 2 is 0.778 bits per heavy atom. The highest BCUT2D eigenvalue weighted by molar-refractivity contribution is 8.16. The van der Waals surface area contributed by atoms with Gasteiger partial charge in [-0.1, -0.05) is 0 Å². The first kappa shape index (κ1) is 29.8. The highest BCUT2D eigenvalue weighted by atomic mass is 32.2. The molecule has 166 valence electrons. The average Bonchev–Trinajstić information content (AvgIpc) is 2.18. The van der Waals surface area contributed by atoms with Crippen LogP contribution < -0.4 is 0 Å². The lowest BCUT2D eigenvalue weighted by Crippen LogP contribution is -2.33. The monoisotopic (exact) mass is 454 g/mol. The van der Waals surface area contributed by atoms with Gasteiger partial charge in [-0.25, -0.2) is 8.42 Å². The molecule has 0 aliphatic heterocycles. The van der Waals surface area contributed by atoms with Crippen LogP contribution in [-0.2, 0) is 10.1 Å². The first-order valence-corrected chi connectivity index (χ1v) is 14.7. The molecule has 3 nitrogen and oxygen atoms in total. The minimum absolute atomic E-state index is 0.176. The topological polar surface area (TPSA) is 57.2 Å². The van der Waals surface area contributed by atoms with E-state index in [-0.39, 0.29) is 22.3 Å². The van der Waals surface area contributed by atoms with Crippen LogP contribution in [0.3, 0.4) is 0 Å². The van der Waals surface area contributed by atoms with Crippen molar-refractivity contribution in [1.29, 1.82) is 0 Å². The molecule has 0 bridgehead atoms. The molecule has 0 spiro atoms. The molecule has 0 heterocycles. The fraction of sp³-hybridized carbons (Fsp3) is 1.00. The number of hydrogen-bond donors (Lipinski definition) is 0. The van der Waals surface area contributed by atoms with Crippen molar-refractivity contribution < 1.29 is 26.1 Å². The average molecular weight is 454 g/mol. The largest absolute Gasteiger partial charge is 0.741 e. The summed E-state index contributed by atoms with van der Waals surface area (Å²) in [5, 5.41) is 2.20. The molecule has 0 N–H and O–H groups in total. The van der Waals surface area contributed by atoms with Gasteiger partial charge in [0.05, 0.1) is 0 Å². The summed E-state index contributed by atoms with van der Waals surface area (Å²) in [6.45, 7) is 30.2. The van der Waals surface area contributed by atoms with Crippen LogP contribution in [0, 0.1) is 0 Å². The van der Waals surface area contributed by atoms with Crippen molar-refractivity contribution >= 4 is 32.4 Å². The molecule has 0 atom stereocenters. The van der Waals surface area contributed by atoms with Gasteiger partial charge in [0.15, 0.2) is 10.1 Å². The quantitative estimate of drug-likeness (QED) is 0.234. The maximum absolute atomic E-state index is 10.7. The van der Waals surface area contributed by atoms with Crippen LogP contribution in [-0.4, -0.2) is 45.8 Å². The van der Waals surface area contributed by atoms with Crippen molar-refractivity contribution in [3.63, 3.8) is 0 Å². The Hall–Kier alpha value is 0.625. The Morgan fingerprint density at radius 1 is 0.630 bits per heavy atom. The molecule has 0 aromatic rings. The van der Waals surface area contributed by atoms with E-state index >= 15 is 0 Å². The van der Waals surface area contributed by atoms with Crippen LogP contribution in [0.2, 0.25) is 0 Å². The number of alkyl halides is 3. The summed E-state index contributed by atoms with van der Waals surface area (Å²) in [7, 11) is -6.63. The van der Waals surface area contributed by atoms with Crippen molar-refractivity contribution in [2.24, 2.45) is 0 Å². The first-order chi connectivity index (χ1) is 11.2. The number of hydrogen-bond acceptors (Lipinski definition) is 3. The summed E-state index contributed by atoms with van der Waals surface area (Å²) in [5.41, 5.74) is -5.65. The zero-order valence-electron chi connectivity index (χ0n) is 19.3. The molecule has 27 heavy (non-hydrogen) atoms. The molecule has 0 radical (unpaired) electrons. The Labute approximate surface area is 168 Å². The summed E-state index contributed by atoms with van der Waals surface area (Å²) < 4.78 is 58.9. The zero-order chi connectivity index (χ0) is 22.9. The summed E-state index contributed by atoms with van der Waals surface area (Å²) in [4.78, 5) is 0. The maximum Gasteiger partial charge on any atom is 0.485 e. The van der Waals surface area contributed by atoms with Gasteiger partial charge in [-0.2, -0.15) is 13.2 Å². The summed E-state index contributed by atoms with van der Waals surface area (Å²) in [5.74, 6) is 0. The van der Waals surface area contributed by atoms with E-state index in [0.29, 0.717) is 20.6 Å². The van der Waals surface area contributed by atoms with Crippen molar-refractivity contribution in [2.75, 3.05) is 0 Å². The van der Waals surface area contributed by atoms with Crippen LogP contribution in [0.5, 0.6) is 0 Å². The summed E-state index contributed by atoms with van der Waals surface area (Å²) in [6.07, 6.45) is 0. The number of halogens is 3. The van der Waals surface area contributed by atoms with E-state index in [1.54, 1.807) is 0 Å². The lowest BCUT2D eigenvalue weighted by atomic mass is 10.2. The standard InChI is InChI=1S/C16H40BP2.CHF3O3S/c1-13(2,3)18(14(4,5)6)17-19(15(7,8)9)16(10,11)12;2-1(3,4)8(5,6)7/h18-19H,17H2,1-12H3;(H,5,6,7)/q+1;/p-1. The van der Waals surface area contributed by atoms with Gasteiger partial charge in [0.2, 0.25) is 0 Å². The Morgan fingerprint density at radius 3 is 0.852 bits per heavy atom. The normalized spacial score (nSPS) is 15.0. The van der Waals surface area contributed by atoms with Crippen molar-refractivity contribution in [2.45, 2.75) is 109 Å². The van der Waals surface area contributed by atoms with Crippen LogP contribution in [0.1, 0.15) is 83.1 Å². The lowest BCUT2D eigenvalue weighted by Gasteiger charge is -2.45. The van der Waals surface area contributed by atoms with Gasteiger partial charge in [0, 0.05) is 20.6 Å². The van der Waals surface area contributed by atoms with Gasteiger partial charge in [0.1, 0.15) is 0 Å². The molecule has 0 aliphatic carbocycles. The van der Waals surface area contributed by atoms with E-state index in [9.17, 15) is 13.2 Å². The Kier molecular flexibility index (Phi) is 10.1. The smallest absolute Gasteiger partial charge is 0.485 e. The molecule has 0 aromatic carbocycles. The summed E-state index contributed by atoms with van der Waals surface area (Å²) in [6, 6.07) is 0. The predicted octanol–water partition coefficient (Wildman–Crippen LogP) is 5.66. The Balaban J connectivity index is 0. The molecule has 10 heteroatoms. The second-order valence-electron chi connectivity index (χ2n) is 11.4. The van der Waals surface area contributed by atoms with Crippen LogP contribution in [0.15, 0.2) is 0 Å². The highest BCUT2D eigenvalue weighted by Gasteiger charge is 2.47. The lowest BCUT2D eigenvalue weighted by molar-refractivity contribution is -0.0517. The zero-order valence-corrected chi connectivity index (χ0v) is 22.1. The first-order valence-electron chi connectivity index (χ1n) is 9.27. The van der Waals surface area contributed by atoms with E-state index in [1.165, 1.54) is 0 Å². The molecule has 0 aromatic heterocycles. The fourth-order valence-electron chi connectivity index (χ4n) is 4.00. The van der Waals surface area contributed by atoms with Gasteiger partial charge in [-0.05, 0) is 83.1 Å². The van der Waals surface area contributed by atoms with Crippen LogP contribution in [0.25, 0.3) is 0 Å². The molecular formula is C17H40BF3O3P2S. The van der Waals surface area contributed by atoms with Crippen molar-refractivity contribution in [3.05, 3.63) is 0 Å². The van der Waals surface area contributed by atoms with Crippen LogP contribution >= 0.6 is 15.6 Å². The summed E-state index contributed by atoms with van der Waals surface area (Å²) >= 11 is 0. The second kappa shape index (κ2) is 9.19. The van der Waals surface area contributed by atoms with Gasteiger partial charge >= 0.3 is 5.51 Å². The minimum atomic E-state index is -6.09. The molecule has 0 amide bonds. The third-order valence-electron chi connectivity index (χ3n) is 5.28. The van der Waals surface area contributed by atoms with Gasteiger partial charge in [-0.3, -0.25) is 0 Å². The molecule has 0 aliphatic rings. The van der Waals surface area contributed by atoms with E-state index < -0.39 is 15.6 Å². The molecule has 0 saturated carbocycles. The predicted molar refractivity (Wildman–Crippen MR) is 120 cm³/mol. The maximum atomic E-state index is 10.7. The second-order valence-corrected chi connectivity index (χ2v) is 23.3. The molecule has 0 saturated heterocycles.